The average Bonchev–Trinajstić information content (AvgIpc) is 2.95. The molecule has 1 amide bonds. The molecule has 2 aliphatic rings. The van der Waals surface area contributed by atoms with E-state index in [0.717, 1.165) is 12.8 Å². The van der Waals surface area contributed by atoms with Crippen molar-refractivity contribution in [2.45, 2.75) is 43.9 Å². The molecule has 3 atom stereocenters. The van der Waals surface area contributed by atoms with Gasteiger partial charge >= 0.3 is 0 Å². The van der Waals surface area contributed by atoms with Crippen molar-refractivity contribution in [3.63, 3.8) is 0 Å². The van der Waals surface area contributed by atoms with Gasteiger partial charge in [-0.2, -0.15) is 0 Å². The Labute approximate surface area is 129 Å². The molecule has 2 heterocycles. The molecule has 1 saturated carbocycles. The van der Waals surface area contributed by atoms with E-state index in [-0.39, 0.29) is 36.6 Å². The van der Waals surface area contributed by atoms with E-state index in [1.807, 2.05) is 6.07 Å². The number of rotatable bonds is 5. The molecule has 0 bridgehead atoms. The lowest BCUT2D eigenvalue weighted by Gasteiger charge is -2.20. The van der Waals surface area contributed by atoms with E-state index in [2.05, 4.69) is 16.8 Å². The van der Waals surface area contributed by atoms with Crippen molar-refractivity contribution in [2.75, 3.05) is 6.54 Å². The lowest BCUT2D eigenvalue weighted by molar-refractivity contribution is -0.132. The van der Waals surface area contributed by atoms with Gasteiger partial charge in [0.15, 0.2) is 0 Å². The molecule has 6 heteroatoms. The Morgan fingerprint density at radius 3 is 2.80 bits per heavy atom. The van der Waals surface area contributed by atoms with Crippen LogP contribution in [0.4, 0.5) is 0 Å². The molecule has 3 rings (SSSR count). The zero-order valence-electron chi connectivity index (χ0n) is 11.3. The minimum atomic E-state index is -0.310. The molecule has 1 aromatic rings. The second kappa shape index (κ2) is 6.89. The summed E-state index contributed by atoms with van der Waals surface area (Å²) < 4.78 is 5.66. The second-order valence-corrected chi connectivity index (χ2v) is 6.38. The summed E-state index contributed by atoms with van der Waals surface area (Å²) >= 11 is 1.71. The quantitative estimate of drug-likeness (QED) is 0.875. The van der Waals surface area contributed by atoms with Gasteiger partial charge in [-0.1, -0.05) is 6.07 Å². The molecule has 1 aliphatic heterocycles. The Morgan fingerprint density at radius 2 is 2.25 bits per heavy atom. The van der Waals surface area contributed by atoms with Gasteiger partial charge in [0, 0.05) is 11.4 Å². The number of halogens is 1. The van der Waals surface area contributed by atoms with Gasteiger partial charge in [-0.15, -0.1) is 23.7 Å². The largest absolute Gasteiger partial charge is 0.364 e. The SMILES string of the molecule is Cl.NC[C@H]1CC[C@@H](C(=O)NC(c2cccs2)C2CC2)O1. The van der Waals surface area contributed by atoms with Crippen LogP contribution in [-0.4, -0.2) is 24.7 Å². The van der Waals surface area contributed by atoms with Crippen LogP contribution in [0.25, 0.3) is 0 Å². The van der Waals surface area contributed by atoms with E-state index in [9.17, 15) is 4.79 Å². The normalized spacial score (nSPS) is 26.9. The van der Waals surface area contributed by atoms with Gasteiger partial charge < -0.3 is 15.8 Å². The number of thiophene rings is 1. The van der Waals surface area contributed by atoms with Crippen molar-refractivity contribution in [2.24, 2.45) is 11.7 Å². The molecular weight excluding hydrogens is 296 g/mol. The molecular formula is C14H21ClN2O2S. The van der Waals surface area contributed by atoms with Gasteiger partial charge in [0.25, 0.3) is 0 Å². The molecule has 4 nitrogen and oxygen atoms in total. The predicted octanol–water partition coefficient (Wildman–Crippen LogP) is 2.24. The van der Waals surface area contributed by atoms with Crippen LogP contribution in [0.1, 0.15) is 36.6 Å². The topological polar surface area (TPSA) is 64.4 Å². The number of carbonyl (C=O) groups excluding carboxylic acids is 1. The van der Waals surface area contributed by atoms with Crippen LogP contribution in [0, 0.1) is 5.92 Å². The Balaban J connectivity index is 0.00000147. The van der Waals surface area contributed by atoms with Gasteiger partial charge in [0.1, 0.15) is 6.10 Å². The zero-order chi connectivity index (χ0) is 13.2. The third-order valence-corrected chi connectivity index (χ3v) is 4.86. The number of carbonyl (C=O) groups is 1. The summed E-state index contributed by atoms with van der Waals surface area (Å²) in [4.78, 5) is 13.5. The summed E-state index contributed by atoms with van der Waals surface area (Å²) in [6.07, 6.45) is 3.84. The number of ether oxygens (including phenoxy) is 1. The first-order chi connectivity index (χ1) is 9.28. The molecule has 0 aromatic carbocycles. The van der Waals surface area contributed by atoms with E-state index < -0.39 is 0 Å². The van der Waals surface area contributed by atoms with E-state index in [0.29, 0.717) is 12.5 Å². The van der Waals surface area contributed by atoms with E-state index in [1.54, 1.807) is 11.3 Å². The number of nitrogens with one attached hydrogen (secondary N) is 1. The summed E-state index contributed by atoms with van der Waals surface area (Å²) in [6.45, 7) is 0.501. The highest BCUT2D eigenvalue weighted by Crippen LogP contribution is 2.42. The number of amides is 1. The van der Waals surface area contributed by atoms with Crippen LogP contribution in [0.15, 0.2) is 17.5 Å². The van der Waals surface area contributed by atoms with Crippen LogP contribution >= 0.6 is 23.7 Å². The van der Waals surface area contributed by atoms with Crippen LogP contribution in [0.3, 0.4) is 0 Å². The number of hydrogen-bond acceptors (Lipinski definition) is 4. The fourth-order valence-electron chi connectivity index (χ4n) is 2.64. The lowest BCUT2D eigenvalue weighted by atomic mass is 10.1. The molecule has 3 N–H and O–H groups in total. The Bertz CT molecular complexity index is 436. The smallest absolute Gasteiger partial charge is 0.249 e. The van der Waals surface area contributed by atoms with Crippen molar-refractivity contribution >= 4 is 29.7 Å². The van der Waals surface area contributed by atoms with E-state index >= 15 is 0 Å². The fraction of sp³-hybridized carbons (Fsp3) is 0.643. The maximum atomic E-state index is 12.3. The van der Waals surface area contributed by atoms with Gasteiger partial charge in [-0.25, -0.2) is 0 Å². The maximum Gasteiger partial charge on any atom is 0.249 e. The Hall–Kier alpha value is -0.620. The molecule has 0 radical (unpaired) electrons. The van der Waals surface area contributed by atoms with Crippen molar-refractivity contribution in [1.82, 2.24) is 5.32 Å². The molecule has 20 heavy (non-hydrogen) atoms. The predicted molar refractivity (Wildman–Crippen MR) is 82.1 cm³/mol. The fourth-order valence-corrected chi connectivity index (χ4v) is 3.51. The van der Waals surface area contributed by atoms with Gasteiger partial charge in [-0.05, 0) is 43.0 Å². The van der Waals surface area contributed by atoms with Crippen LogP contribution in [0.2, 0.25) is 0 Å². The lowest BCUT2D eigenvalue weighted by Crippen LogP contribution is -2.38. The minimum Gasteiger partial charge on any atom is -0.364 e. The van der Waals surface area contributed by atoms with Gasteiger partial charge in [0.05, 0.1) is 12.1 Å². The highest BCUT2D eigenvalue weighted by atomic mass is 35.5. The maximum absolute atomic E-state index is 12.3. The van der Waals surface area contributed by atoms with Crippen molar-refractivity contribution in [3.8, 4) is 0 Å². The monoisotopic (exact) mass is 316 g/mol. The third kappa shape index (κ3) is 3.52. The zero-order valence-corrected chi connectivity index (χ0v) is 12.9. The summed E-state index contributed by atoms with van der Waals surface area (Å²) in [5.74, 6) is 0.635. The molecule has 1 saturated heterocycles. The van der Waals surface area contributed by atoms with Crippen LogP contribution < -0.4 is 11.1 Å². The van der Waals surface area contributed by atoms with Crippen LogP contribution in [0.5, 0.6) is 0 Å². The molecule has 1 aliphatic carbocycles. The van der Waals surface area contributed by atoms with Crippen molar-refractivity contribution < 1.29 is 9.53 Å². The van der Waals surface area contributed by atoms with E-state index in [1.165, 1.54) is 17.7 Å². The third-order valence-electron chi connectivity index (χ3n) is 3.90. The first kappa shape index (κ1) is 15.8. The van der Waals surface area contributed by atoms with Crippen LogP contribution in [-0.2, 0) is 9.53 Å². The molecule has 112 valence electrons. The van der Waals surface area contributed by atoms with Gasteiger partial charge in [-0.3, -0.25) is 4.79 Å². The van der Waals surface area contributed by atoms with Crippen molar-refractivity contribution in [1.29, 1.82) is 0 Å². The second-order valence-electron chi connectivity index (χ2n) is 5.40. The Kier molecular flexibility index (Phi) is 5.43. The highest BCUT2D eigenvalue weighted by molar-refractivity contribution is 7.10. The average molecular weight is 317 g/mol. The number of nitrogens with two attached hydrogens (primary N) is 1. The summed E-state index contributed by atoms with van der Waals surface area (Å²) in [5, 5.41) is 5.24. The highest BCUT2D eigenvalue weighted by Gasteiger charge is 2.37. The number of hydrogen-bond donors (Lipinski definition) is 2. The van der Waals surface area contributed by atoms with Gasteiger partial charge in [0.2, 0.25) is 5.91 Å². The standard InChI is InChI=1S/C14H20N2O2S.ClH/c15-8-10-5-6-11(18-10)14(17)16-13(9-3-4-9)12-2-1-7-19-12;/h1-2,7,9-11,13H,3-6,8,15H2,(H,16,17);1H/t10-,11+,13?;/m1./s1. The summed E-state index contributed by atoms with van der Waals surface area (Å²) in [6, 6.07) is 4.32. The Morgan fingerprint density at radius 1 is 1.45 bits per heavy atom. The molecule has 0 spiro atoms. The molecule has 2 fully saturated rings. The van der Waals surface area contributed by atoms with E-state index in [4.69, 9.17) is 10.5 Å². The first-order valence-corrected chi connectivity index (χ1v) is 7.85. The summed E-state index contributed by atoms with van der Waals surface area (Å²) in [5.41, 5.74) is 5.58. The molecule has 1 unspecified atom stereocenters. The first-order valence-electron chi connectivity index (χ1n) is 6.97. The minimum absolute atomic E-state index is 0. The molecule has 1 aromatic heterocycles. The van der Waals surface area contributed by atoms with Crippen molar-refractivity contribution in [3.05, 3.63) is 22.4 Å². The summed E-state index contributed by atoms with van der Waals surface area (Å²) in [7, 11) is 0.